The molecule has 0 spiro atoms. The Morgan fingerprint density at radius 1 is 1.03 bits per heavy atom. The zero-order valence-corrected chi connectivity index (χ0v) is 17.2. The molecule has 31 heavy (non-hydrogen) atoms. The zero-order chi connectivity index (χ0) is 21.8. The van der Waals surface area contributed by atoms with Crippen molar-refractivity contribution in [2.24, 2.45) is 0 Å². The lowest BCUT2D eigenvalue weighted by Crippen LogP contribution is -2.12. The second-order valence-corrected chi connectivity index (χ2v) is 6.86. The minimum absolute atomic E-state index is 0.243. The van der Waals surface area contributed by atoms with E-state index in [4.69, 9.17) is 9.47 Å². The maximum Gasteiger partial charge on any atom is 0.255 e. The maximum atomic E-state index is 13.3. The van der Waals surface area contributed by atoms with Gasteiger partial charge in [0.05, 0.1) is 24.9 Å². The highest BCUT2D eigenvalue weighted by molar-refractivity contribution is 6.05. The first kappa shape index (κ1) is 20.3. The third-order valence-corrected chi connectivity index (χ3v) is 4.80. The smallest absolute Gasteiger partial charge is 0.255 e. The average Bonchev–Trinajstić information content (AvgIpc) is 2.80. The van der Waals surface area contributed by atoms with Gasteiger partial charge in [-0.25, -0.2) is 9.37 Å². The van der Waals surface area contributed by atoms with Crippen LogP contribution in [-0.4, -0.2) is 24.6 Å². The van der Waals surface area contributed by atoms with Crippen molar-refractivity contribution in [2.75, 3.05) is 19.0 Å². The van der Waals surface area contributed by atoms with Gasteiger partial charge in [-0.2, -0.15) is 0 Å². The van der Waals surface area contributed by atoms with Crippen molar-refractivity contribution in [1.29, 1.82) is 0 Å². The summed E-state index contributed by atoms with van der Waals surface area (Å²) in [6, 6.07) is 20.4. The number of carbonyl (C=O) groups is 1. The molecule has 0 aliphatic heterocycles. The molecule has 1 amide bonds. The molecule has 0 fully saturated rings. The normalized spacial score (nSPS) is 10.7. The summed E-state index contributed by atoms with van der Waals surface area (Å²) in [5.41, 5.74) is 3.31. The molecule has 1 aromatic heterocycles. The Hall–Kier alpha value is -3.93. The van der Waals surface area contributed by atoms with Gasteiger partial charge in [0, 0.05) is 28.3 Å². The van der Waals surface area contributed by atoms with Crippen LogP contribution in [0, 0.1) is 5.82 Å². The molecule has 0 atom stereocenters. The van der Waals surface area contributed by atoms with E-state index in [0.29, 0.717) is 40.6 Å². The second-order valence-electron chi connectivity index (χ2n) is 6.86. The van der Waals surface area contributed by atoms with Gasteiger partial charge in [-0.05, 0) is 67.6 Å². The van der Waals surface area contributed by atoms with E-state index in [1.165, 1.54) is 12.1 Å². The van der Waals surface area contributed by atoms with Crippen LogP contribution in [0.15, 0.2) is 72.8 Å². The molecule has 0 unspecified atom stereocenters. The number of anilines is 1. The van der Waals surface area contributed by atoms with Gasteiger partial charge in [0.25, 0.3) is 5.91 Å². The fourth-order valence-corrected chi connectivity index (χ4v) is 3.28. The van der Waals surface area contributed by atoms with Crippen LogP contribution in [0.1, 0.15) is 17.3 Å². The lowest BCUT2D eigenvalue weighted by atomic mass is 10.1. The zero-order valence-electron chi connectivity index (χ0n) is 17.2. The highest BCUT2D eigenvalue weighted by Gasteiger charge is 2.12. The number of amides is 1. The molecule has 6 heteroatoms. The number of nitrogens with one attached hydrogen (secondary N) is 1. The topological polar surface area (TPSA) is 60.5 Å². The van der Waals surface area contributed by atoms with Crippen molar-refractivity contribution < 1.29 is 18.7 Å². The molecule has 4 rings (SSSR count). The van der Waals surface area contributed by atoms with E-state index < -0.39 is 0 Å². The number of hydrogen-bond acceptors (Lipinski definition) is 4. The number of carbonyl (C=O) groups excluding carboxylic acids is 1. The van der Waals surface area contributed by atoms with Gasteiger partial charge in [0.1, 0.15) is 17.3 Å². The number of benzene rings is 3. The average molecular weight is 416 g/mol. The molecular weight excluding hydrogens is 395 g/mol. The van der Waals surface area contributed by atoms with Gasteiger partial charge in [-0.1, -0.05) is 6.07 Å². The Kier molecular flexibility index (Phi) is 5.80. The summed E-state index contributed by atoms with van der Waals surface area (Å²) in [6.45, 7) is 2.38. The lowest BCUT2D eigenvalue weighted by Gasteiger charge is -2.12. The quantitative estimate of drug-likeness (QED) is 0.438. The molecule has 5 nitrogen and oxygen atoms in total. The van der Waals surface area contributed by atoms with Crippen molar-refractivity contribution in [3.05, 3.63) is 84.2 Å². The van der Waals surface area contributed by atoms with Gasteiger partial charge in [0.15, 0.2) is 0 Å². The van der Waals surface area contributed by atoms with Gasteiger partial charge in [-0.15, -0.1) is 0 Å². The third kappa shape index (κ3) is 4.48. The predicted molar refractivity (Wildman–Crippen MR) is 119 cm³/mol. The summed E-state index contributed by atoms with van der Waals surface area (Å²) in [5, 5.41) is 3.68. The van der Waals surface area contributed by atoms with E-state index in [2.05, 4.69) is 10.3 Å². The van der Waals surface area contributed by atoms with Crippen LogP contribution in [0.2, 0.25) is 0 Å². The summed E-state index contributed by atoms with van der Waals surface area (Å²) in [6.07, 6.45) is 0. The lowest BCUT2D eigenvalue weighted by molar-refractivity contribution is 0.102. The molecule has 0 radical (unpaired) electrons. The number of ether oxygens (including phenoxy) is 2. The van der Waals surface area contributed by atoms with E-state index in [1.807, 2.05) is 25.1 Å². The van der Waals surface area contributed by atoms with Crippen LogP contribution in [0.25, 0.3) is 22.2 Å². The minimum atomic E-state index is -0.300. The van der Waals surface area contributed by atoms with Crippen molar-refractivity contribution >= 4 is 22.5 Å². The maximum absolute atomic E-state index is 13.3. The minimum Gasteiger partial charge on any atom is -0.497 e. The van der Waals surface area contributed by atoms with Gasteiger partial charge < -0.3 is 14.8 Å². The standard InChI is InChI=1S/C25H21FN2O3/c1-3-31-24-15-23(16-7-9-18(26)10-8-16)28-22-12-11-19(14-21(22)24)27-25(29)17-5-4-6-20(13-17)30-2/h4-15H,3H2,1-2H3,(H,27,29). The van der Waals surface area contributed by atoms with Crippen LogP contribution in [0.3, 0.4) is 0 Å². The van der Waals surface area contributed by atoms with Crippen molar-refractivity contribution in [3.8, 4) is 22.8 Å². The predicted octanol–water partition coefficient (Wildman–Crippen LogP) is 5.70. The highest BCUT2D eigenvalue weighted by atomic mass is 19.1. The number of pyridine rings is 1. The van der Waals surface area contributed by atoms with E-state index in [0.717, 1.165) is 10.9 Å². The Balaban J connectivity index is 1.69. The summed E-state index contributed by atoms with van der Waals surface area (Å²) >= 11 is 0. The van der Waals surface area contributed by atoms with Gasteiger partial charge >= 0.3 is 0 Å². The molecule has 0 bridgehead atoms. The summed E-state index contributed by atoms with van der Waals surface area (Å²) in [5.74, 6) is 0.713. The molecule has 3 aromatic carbocycles. The SMILES string of the molecule is CCOc1cc(-c2ccc(F)cc2)nc2ccc(NC(=O)c3cccc(OC)c3)cc12. The summed E-state index contributed by atoms with van der Waals surface area (Å²) < 4.78 is 24.3. The highest BCUT2D eigenvalue weighted by Crippen LogP contribution is 2.32. The Labute approximate surface area is 179 Å². The second kappa shape index (κ2) is 8.83. The van der Waals surface area contributed by atoms with Crippen molar-refractivity contribution in [2.45, 2.75) is 6.92 Å². The molecule has 0 aliphatic rings. The fraction of sp³-hybridized carbons (Fsp3) is 0.120. The first-order chi connectivity index (χ1) is 15.1. The summed E-state index contributed by atoms with van der Waals surface area (Å²) in [7, 11) is 1.56. The number of nitrogens with zero attached hydrogens (tertiary/aromatic N) is 1. The number of methoxy groups -OCH3 is 1. The van der Waals surface area contributed by atoms with Crippen LogP contribution < -0.4 is 14.8 Å². The first-order valence-corrected chi connectivity index (χ1v) is 9.86. The third-order valence-electron chi connectivity index (χ3n) is 4.80. The molecule has 0 aliphatic carbocycles. The first-order valence-electron chi connectivity index (χ1n) is 9.86. The van der Waals surface area contributed by atoms with Crippen molar-refractivity contribution in [3.63, 3.8) is 0 Å². The molecule has 1 heterocycles. The number of rotatable bonds is 6. The summed E-state index contributed by atoms with van der Waals surface area (Å²) in [4.78, 5) is 17.3. The number of halogens is 1. The van der Waals surface area contributed by atoms with E-state index >= 15 is 0 Å². The molecular formula is C25H21FN2O3. The van der Waals surface area contributed by atoms with E-state index in [1.54, 1.807) is 49.6 Å². The molecule has 1 N–H and O–H groups in total. The Morgan fingerprint density at radius 2 is 1.84 bits per heavy atom. The fourth-order valence-electron chi connectivity index (χ4n) is 3.28. The molecule has 0 saturated carbocycles. The van der Waals surface area contributed by atoms with Crippen molar-refractivity contribution in [1.82, 2.24) is 4.98 Å². The Bertz CT molecular complexity index is 1240. The van der Waals surface area contributed by atoms with Crippen LogP contribution in [0.4, 0.5) is 10.1 Å². The van der Waals surface area contributed by atoms with Gasteiger partial charge in [-0.3, -0.25) is 4.79 Å². The Morgan fingerprint density at radius 3 is 2.58 bits per heavy atom. The largest absolute Gasteiger partial charge is 0.497 e. The van der Waals surface area contributed by atoms with Crippen LogP contribution >= 0.6 is 0 Å². The molecule has 4 aromatic rings. The monoisotopic (exact) mass is 416 g/mol. The van der Waals surface area contributed by atoms with E-state index in [-0.39, 0.29) is 11.7 Å². The number of hydrogen-bond donors (Lipinski definition) is 1. The van der Waals surface area contributed by atoms with Gasteiger partial charge in [0.2, 0.25) is 0 Å². The number of fused-ring (bicyclic) bond motifs is 1. The number of aromatic nitrogens is 1. The van der Waals surface area contributed by atoms with Crippen LogP contribution in [-0.2, 0) is 0 Å². The van der Waals surface area contributed by atoms with Crippen LogP contribution in [0.5, 0.6) is 11.5 Å². The van der Waals surface area contributed by atoms with E-state index in [9.17, 15) is 9.18 Å². The molecule has 0 saturated heterocycles. The molecule has 156 valence electrons.